The van der Waals surface area contributed by atoms with Crippen LogP contribution >= 0.6 is 0 Å². The summed E-state index contributed by atoms with van der Waals surface area (Å²) in [5.74, 6) is 1.29. The van der Waals surface area contributed by atoms with Crippen LogP contribution in [0, 0.1) is 17.8 Å². The van der Waals surface area contributed by atoms with Crippen molar-refractivity contribution in [2.75, 3.05) is 6.67 Å². The third kappa shape index (κ3) is 2.68. The molecular weight excluding hydrogens is 127 g/mol. The molecule has 0 aliphatic heterocycles. The van der Waals surface area contributed by atoms with E-state index in [9.17, 15) is 4.39 Å². The quantitative estimate of drug-likeness (QED) is 0.571. The largest absolute Gasteiger partial charge is 0.251 e. The molecule has 0 saturated heterocycles. The van der Waals surface area contributed by atoms with Crippen LogP contribution < -0.4 is 0 Å². The summed E-state index contributed by atoms with van der Waals surface area (Å²) in [6.07, 6.45) is 1.09. The molecule has 0 nitrogen and oxygen atoms in total. The Kier molecular flexibility index (Phi) is 4.67. The second kappa shape index (κ2) is 4.70. The number of hydrogen-bond acceptors (Lipinski definition) is 0. The fourth-order valence-corrected chi connectivity index (χ4v) is 1.29. The Morgan fingerprint density at radius 3 is 1.80 bits per heavy atom. The maximum Gasteiger partial charge on any atom is 0.0927 e. The van der Waals surface area contributed by atoms with E-state index in [1.54, 1.807) is 0 Å². The second-order valence-corrected chi connectivity index (χ2v) is 3.45. The van der Waals surface area contributed by atoms with Crippen LogP contribution in [0.5, 0.6) is 0 Å². The number of alkyl halides is 1. The fraction of sp³-hybridized carbons (Fsp3) is 1.00. The molecular formula is C9H19F. The molecule has 1 heteroatoms. The zero-order chi connectivity index (χ0) is 8.15. The van der Waals surface area contributed by atoms with Crippen molar-refractivity contribution in [1.82, 2.24) is 0 Å². The molecule has 0 aliphatic carbocycles. The van der Waals surface area contributed by atoms with Crippen molar-refractivity contribution < 1.29 is 4.39 Å². The van der Waals surface area contributed by atoms with Crippen molar-refractivity contribution in [2.24, 2.45) is 17.8 Å². The summed E-state index contributed by atoms with van der Waals surface area (Å²) in [6.45, 7) is 8.28. The van der Waals surface area contributed by atoms with E-state index in [2.05, 4.69) is 27.7 Å². The summed E-state index contributed by atoms with van der Waals surface area (Å²) in [5, 5.41) is 0. The van der Waals surface area contributed by atoms with Gasteiger partial charge in [-0.1, -0.05) is 34.1 Å². The maximum absolute atomic E-state index is 12.3. The molecule has 0 bridgehead atoms. The molecule has 0 fully saturated rings. The van der Waals surface area contributed by atoms with E-state index in [4.69, 9.17) is 0 Å². The molecule has 0 aliphatic rings. The van der Waals surface area contributed by atoms with Crippen molar-refractivity contribution in [3.63, 3.8) is 0 Å². The first kappa shape index (κ1) is 9.93. The topological polar surface area (TPSA) is 0 Å². The number of rotatable bonds is 4. The van der Waals surface area contributed by atoms with Gasteiger partial charge in [0.05, 0.1) is 6.67 Å². The Bertz CT molecular complexity index is 78.8. The Morgan fingerprint density at radius 1 is 1.20 bits per heavy atom. The summed E-state index contributed by atoms with van der Waals surface area (Å²) < 4.78 is 12.3. The molecule has 0 rings (SSSR count). The first-order valence-corrected chi connectivity index (χ1v) is 4.19. The average Bonchev–Trinajstić information content (AvgIpc) is 1.88. The monoisotopic (exact) mass is 146 g/mol. The highest BCUT2D eigenvalue weighted by molar-refractivity contribution is 4.67. The van der Waals surface area contributed by atoms with Crippen LogP contribution in [0.25, 0.3) is 0 Å². The molecule has 2 atom stereocenters. The maximum atomic E-state index is 12.3. The Morgan fingerprint density at radius 2 is 1.70 bits per heavy atom. The highest BCUT2D eigenvalue weighted by Crippen LogP contribution is 2.23. The minimum absolute atomic E-state index is 0.160. The lowest BCUT2D eigenvalue weighted by Crippen LogP contribution is -2.19. The van der Waals surface area contributed by atoms with Crippen LogP contribution in [0.3, 0.4) is 0 Å². The Hall–Kier alpha value is -0.0700. The molecule has 0 spiro atoms. The standard InChI is InChI=1S/C9H19F/c1-5-8(4)9(6-10)7(2)3/h7-9H,5-6H2,1-4H3. The second-order valence-electron chi connectivity index (χ2n) is 3.45. The van der Waals surface area contributed by atoms with Gasteiger partial charge in [-0.15, -0.1) is 0 Å². The molecule has 0 amide bonds. The van der Waals surface area contributed by atoms with Gasteiger partial charge in [-0.05, 0) is 17.8 Å². The Labute approximate surface area is 63.8 Å². The summed E-state index contributed by atoms with van der Waals surface area (Å²) in [5.41, 5.74) is 0. The third-order valence-corrected chi connectivity index (χ3v) is 2.41. The van der Waals surface area contributed by atoms with Gasteiger partial charge in [-0.25, -0.2) is 0 Å². The van der Waals surface area contributed by atoms with Crippen molar-refractivity contribution in [3.8, 4) is 0 Å². The van der Waals surface area contributed by atoms with Crippen molar-refractivity contribution in [1.29, 1.82) is 0 Å². The van der Waals surface area contributed by atoms with E-state index in [-0.39, 0.29) is 12.6 Å². The van der Waals surface area contributed by atoms with Crippen LogP contribution in [0.1, 0.15) is 34.1 Å². The minimum atomic E-state index is -0.160. The van der Waals surface area contributed by atoms with E-state index in [0.717, 1.165) is 6.42 Å². The summed E-state index contributed by atoms with van der Waals surface area (Å²) in [4.78, 5) is 0. The van der Waals surface area contributed by atoms with E-state index in [0.29, 0.717) is 11.8 Å². The lowest BCUT2D eigenvalue weighted by atomic mass is 9.84. The first-order chi connectivity index (χ1) is 4.63. The lowest BCUT2D eigenvalue weighted by molar-refractivity contribution is 0.207. The van der Waals surface area contributed by atoms with Crippen LogP contribution in [0.15, 0.2) is 0 Å². The van der Waals surface area contributed by atoms with Gasteiger partial charge in [0, 0.05) is 0 Å². The highest BCUT2D eigenvalue weighted by atomic mass is 19.1. The molecule has 0 heterocycles. The summed E-state index contributed by atoms with van der Waals surface area (Å²) in [6, 6.07) is 0. The van der Waals surface area contributed by atoms with Crippen molar-refractivity contribution in [3.05, 3.63) is 0 Å². The van der Waals surface area contributed by atoms with E-state index >= 15 is 0 Å². The molecule has 62 valence electrons. The van der Waals surface area contributed by atoms with Crippen molar-refractivity contribution in [2.45, 2.75) is 34.1 Å². The molecule has 2 unspecified atom stereocenters. The van der Waals surface area contributed by atoms with Crippen LogP contribution in [0.4, 0.5) is 4.39 Å². The van der Waals surface area contributed by atoms with Gasteiger partial charge in [0.1, 0.15) is 0 Å². The first-order valence-electron chi connectivity index (χ1n) is 4.19. The van der Waals surface area contributed by atoms with Gasteiger partial charge in [-0.3, -0.25) is 4.39 Å². The molecule has 0 saturated carbocycles. The Balaban J connectivity index is 3.80. The van der Waals surface area contributed by atoms with Gasteiger partial charge in [0.15, 0.2) is 0 Å². The van der Waals surface area contributed by atoms with Crippen LogP contribution in [-0.2, 0) is 0 Å². The molecule has 0 aromatic carbocycles. The third-order valence-electron chi connectivity index (χ3n) is 2.41. The fourth-order valence-electron chi connectivity index (χ4n) is 1.29. The number of halogens is 1. The van der Waals surface area contributed by atoms with E-state index in [1.165, 1.54) is 0 Å². The smallest absolute Gasteiger partial charge is 0.0927 e. The molecule has 10 heavy (non-hydrogen) atoms. The van der Waals surface area contributed by atoms with Gasteiger partial charge in [0.25, 0.3) is 0 Å². The lowest BCUT2D eigenvalue weighted by Gasteiger charge is -2.23. The molecule has 0 N–H and O–H groups in total. The molecule has 0 radical (unpaired) electrons. The average molecular weight is 146 g/mol. The summed E-state index contributed by atoms with van der Waals surface area (Å²) >= 11 is 0. The van der Waals surface area contributed by atoms with Crippen LogP contribution in [0.2, 0.25) is 0 Å². The predicted molar refractivity (Wildman–Crippen MR) is 43.8 cm³/mol. The van der Waals surface area contributed by atoms with Crippen molar-refractivity contribution >= 4 is 0 Å². The minimum Gasteiger partial charge on any atom is -0.251 e. The SMILES string of the molecule is CCC(C)C(CF)C(C)C. The van der Waals surface area contributed by atoms with Crippen LogP contribution in [-0.4, -0.2) is 6.67 Å². The van der Waals surface area contributed by atoms with Gasteiger partial charge in [0.2, 0.25) is 0 Å². The summed E-state index contributed by atoms with van der Waals surface area (Å²) in [7, 11) is 0. The zero-order valence-corrected chi connectivity index (χ0v) is 7.52. The number of hydrogen-bond donors (Lipinski definition) is 0. The van der Waals surface area contributed by atoms with Gasteiger partial charge in [-0.2, -0.15) is 0 Å². The highest BCUT2D eigenvalue weighted by Gasteiger charge is 2.18. The zero-order valence-electron chi connectivity index (χ0n) is 7.52. The van der Waals surface area contributed by atoms with Gasteiger partial charge < -0.3 is 0 Å². The van der Waals surface area contributed by atoms with Gasteiger partial charge >= 0.3 is 0 Å². The van der Waals surface area contributed by atoms with E-state index in [1.807, 2.05) is 0 Å². The molecule has 0 aromatic rings. The normalized spacial score (nSPS) is 17.4. The van der Waals surface area contributed by atoms with E-state index < -0.39 is 0 Å². The molecule has 0 aromatic heterocycles. The predicted octanol–water partition coefficient (Wildman–Crippen LogP) is 3.27.